The van der Waals surface area contributed by atoms with Crippen molar-refractivity contribution in [3.8, 4) is 11.5 Å². The molecule has 7 nitrogen and oxygen atoms in total. The lowest BCUT2D eigenvalue weighted by Crippen LogP contribution is -2.36. The average molecular weight is 390 g/mol. The highest BCUT2D eigenvalue weighted by Gasteiger charge is 2.38. The standard InChI is InChI=1S/C19H22N2O5S/c1-12-9-14-7-5-6-8-16(14)21(12)27(23,24)19-10-15(20-13(2)22)17(25-3)11-18(19)26-4/h5-8,10-12H,9H2,1-4H3,(H,20,22)/t12-/m0/s1. The summed E-state index contributed by atoms with van der Waals surface area (Å²) in [6, 6.07) is 10.0. The summed E-state index contributed by atoms with van der Waals surface area (Å²) in [5, 5.41) is 2.61. The number of carbonyl (C=O) groups excluding carboxylic acids is 1. The van der Waals surface area contributed by atoms with Crippen LogP contribution < -0.4 is 19.1 Å². The van der Waals surface area contributed by atoms with E-state index in [0.29, 0.717) is 17.9 Å². The van der Waals surface area contributed by atoms with Gasteiger partial charge in [-0.25, -0.2) is 8.42 Å². The third-order valence-corrected chi connectivity index (χ3v) is 6.43. The predicted octanol–water partition coefficient (Wildman–Crippen LogP) is 2.80. The molecule has 1 aliphatic heterocycles. The van der Waals surface area contributed by atoms with Gasteiger partial charge in [-0.1, -0.05) is 18.2 Å². The Bertz CT molecular complexity index is 988. The molecule has 1 atom stereocenters. The highest BCUT2D eigenvalue weighted by Crippen LogP contribution is 2.41. The maximum atomic E-state index is 13.5. The molecule has 3 rings (SSSR count). The molecule has 144 valence electrons. The molecule has 0 aliphatic carbocycles. The molecule has 0 fully saturated rings. The topological polar surface area (TPSA) is 84.9 Å². The molecule has 0 radical (unpaired) electrons. The van der Waals surface area contributed by atoms with Gasteiger partial charge in [-0.3, -0.25) is 9.10 Å². The minimum Gasteiger partial charge on any atom is -0.495 e. The molecule has 0 bridgehead atoms. The molecule has 1 aliphatic rings. The van der Waals surface area contributed by atoms with Crippen molar-refractivity contribution in [2.75, 3.05) is 23.8 Å². The van der Waals surface area contributed by atoms with Crippen LogP contribution in [0.25, 0.3) is 0 Å². The van der Waals surface area contributed by atoms with Crippen molar-refractivity contribution in [2.45, 2.75) is 31.2 Å². The van der Waals surface area contributed by atoms with Crippen LogP contribution in [0.4, 0.5) is 11.4 Å². The van der Waals surface area contributed by atoms with E-state index in [4.69, 9.17) is 9.47 Å². The first-order valence-electron chi connectivity index (χ1n) is 8.45. The van der Waals surface area contributed by atoms with E-state index in [1.54, 1.807) is 6.07 Å². The number of nitrogens with one attached hydrogen (secondary N) is 1. The van der Waals surface area contributed by atoms with Crippen LogP contribution in [0.1, 0.15) is 19.4 Å². The second-order valence-electron chi connectivity index (χ2n) is 6.37. The summed E-state index contributed by atoms with van der Waals surface area (Å²) < 4.78 is 39.0. The van der Waals surface area contributed by atoms with Crippen molar-refractivity contribution < 1.29 is 22.7 Å². The molecule has 1 amide bonds. The highest BCUT2D eigenvalue weighted by molar-refractivity contribution is 7.93. The number of nitrogens with zero attached hydrogens (tertiary/aromatic N) is 1. The van der Waals surface area contributed by atoms with Gasteiger partial charge >= 0.3 is 0 Å². The van der Waals surface area contributed by atoms with Gasteiger partial charge in [0.1, 0.15) is 16.4 Å². The number of benzene rings is 2. The molecule has 0 unspecified atom stereocenters. The number of para-hydroxylation sites is 1. The molecule has 0 saturated carbocycles. The van der Waals surface area contributed by atoms with Crippen LogP contribution >= 0.6 is 0 Å². The Morgan fingerprint density at radius 3 is 2.44 bits per heavy atom. The van der Waals surface area contributed by atoms with Crippen LogP contribution in [0.5, 0.6) is 11.5 Å². The number of hydrogen-bond acceptors (Lipinski definition) is 5. The SMILES string of the molecule is COc1cc(OC)c(S(=O)(=O)N2c3ccccc3C[C@@H]2C)cc1NC(C)=O. The fourth-order valence-corrected chi connectivity index (χ4v) is 5.23. The van der Waals surface area contributed by atoms with Gasteiger partial charge in [-0.05, 0) is 31.0 Å². The molecule has 0 aromatic heterocycles. The summed E-state index contributed by atoms with van der Waals surface area (Å²) in [6.45, 7) is 3.21. The molecule has 0 spiro atoms. The van der Waals surface area contributed by atoms with E-state index < -0.39 is 10.0 Å². The smallest absolute Gasteiger partial charge is 0.268 e. The van der Waals surface area contributed by atoms with Crippen LogP contribution in [0.3, 0.4) is 0 Å². The summed E-state index contributed by atoms with van der Waals surface area (Å²) in [4.78, 5) is 11.5. The lowest BCUT2D eigenvalue weighted by Gasteiger charge is -2.26. The fraction of sp³-hybridized carbons (Fsp3) is 0.316. The molecule has 2 aromatic rings. The van der Waals surface area contributed by atoms with Crippen LogP contribution in [-0.2, 0) is 21.2 Å². The van der Waals surface area contributed by atoms with Gasteiger partial charge in [0.05, 0.1) is 25.6 Å². The molecular formula is C19H22N2O5S. The number of amides is 1. The van der Waals surface area contributed by atoms with Crippen molar-refractivity contribution >= 4 is 27.3 Å². The minimum atomic E-state index is -3.93. The third kappa shape index (κ3) is 3.32. The van der Waals surface area contributed by atoms with Crippen molar-refractivity contribution in [3.63, 3.8) is 0 Å². The second kappa shape index (κ2) is 7.11. The molecule has 1 heterocycles. The largest absolute Gasteiger partial charge is 0.495 e. The molecule has 2 aromatic carbocycles. The third-order valence-electron chi connectivity index (χ3n) is 4.48. The number of ether oxygens (including phenoxy) is 2. The van der Waals surface area contributed by atoms with E-state index in [1.165, 1.54) is 37.6 Å². The van der Waals surface area contributed by atoms with Gasteiger partial charge in [0.15, 0.2) is 0 Å². The summed E-state index contributed by atoms with van der Waals surface area (Å²) >= 11 is 0. The van der Waals surface area contributed by atoms with Crippen molar-refractivity contribution in [1.82, 2.24) is 0 Å². The van der Waals surface area contributed by atoms with Gasteiger partial charge in [0.25, 0.3) is 10.0 Å². The van der Waals surface area contributed by atoms with Crippen LogP contribution in [0.15, 0.2) is 41.3 Å². The first kappa shape index (κ1) is 19.0. The Morgan fingerprint density at radius 2 is 1.81 bits per heavy atom. The van der Waals surface area contributed by atoms with E-state index in [1.807, 2.05) is 25.1 Å². The summed E-state index contributed by atoms with van der Waals surface area (Å²) in [5.41, 5.74) is 1.90. The summed E-state index contributed by atoms with van der Waals surface area (Å²) in [6.07, 6.45) is 0.631. The summed E-state index contributed by atoms with van der Waals surface area (Å²) in [5.74, 6) is 0.134. The number of rotatable bonds is 5. The van der Waals surface area contributed by atoms with Gasteiger partial charge in [0.2, 0.25) is 5.91 Å². The minimum absolute atomic E-state index is 0.0295. The van der Waals surface area contributed by atoms with Crippen LogP contribution in [0.2, 0.25) is 0 Å². The van der Waals surface area contributed by atoms with Gasteiger partial charge in [0, 0.05) is 19.0 Å². The van der Waals surface area contributed by atoms with Crippen molar-refractivity contribution in [2.24, 2.45) is 0 Å². The highest BCUT2D eigenvalue weighted by atomic mass is 32.2. The van der Waals surface area contributed by atoms with E-state index in [9.17, 15) is 13.2 Å². The maximum Gasteiger partial charge on any atom is 0.268 e. The van der Waals surface area contributed by atoms with E-state index in [0.717, 1.165) is 5.56 Å². The predicted molar refractivity (Wildman–Crippen MR) is 103 cm³/mol. The van der Waals surface area contributed by atoms with Gasteiger partial charge < -0.3 is 14.8 Å². The molecule has 0 saturated heterocycles. The molecule has 1 N–H and O–H groups in total. The van der Waals surface area contributed by atoms with Crippen molar-refractivity contribution in [1.29, 1.82) is 0 Å². The molecule has 8 heteroatoms. The Morgan fingerprint density at radius 1 is 1.15 bits per heavy atom. The number of carbonyl (C=O) groups is 1. The van der Waals surface area contributed by atoms with Gasteiger partial charge in [-0.2, -0.15) is 0 Å². The zero-order valence-corrected chi connectivity index (χ0v) is 16.5. The molecular weight excluding hydrogens is 368 g/mol. The van der Waals surface area contributed by atoms with Gasteiger partial charge in [-0.15, -0.1) is 0 Å². The van der Waals surface area contributed by atoms with Crippen molar-refractivity contribution in [3.05, 3.63) is 42.0 Å². The first-order valence-corrected chi connectivity index (χ1v) is 9.89. The Balaban J connectivity index is 2.18. The number of hydrogen-bond donors (Lipinski definition) is 1. The number of methoxy groups -OCH3 is 2. The lowest BCUT2D eigenvalue weighted by molar-refractivity contribution is -0.114. The molecule has 27 heavy (non-hydrogen) atoms. The lowest BCUT2D eigenvalue weighted by atomic mass is 10.1. The maximum absolute atomic E-state index is 13.5. The number of anilines is 2. The normalized spacial score (nSPS) is 16.0. The zero-order valence-electron chi connectivity index (χ0n) is 15.6. The second-order valence-corrected chi connectivity index (χ2v) is 8.15. The van der Waals surface area contributed by atoms with E-state index >= 15 is 0 Å². The Labute approximate surface area is 158 Å². The Hall–Kier alpha value is -2.74. The summed E-state index contributed by atoms with van der Waals surface area (Å²) in [7, 11) is -1.09. The van der Waals surface area contributed by atoms with E-state index in [-0.39, 0.29) is 28.3 Å². The number of fused-ring (bicyclic) bond motifs is 1. The quantitative estimate of drug-likeness (QED) is 0.849. The fourth-order valence-electron chi connectivity index (χ4n) is 3.37. The Kier molecular flexibility index (Phi) is 5.01. The average Bonchev–Trinajstić information content (AvgIpc) is 2.97. The zero-order chi connectivity index (χ0) is 19.8. The van der Waals surface area contributed by atoms with Crippen LogP contribution in [0, 0.1) is 0 Å². The first-order chi connectivity index (χ1) is 12.8. The number of sulfonamides is 1. The van der Waals surface area contributed by atoms with Crippen LogP contribution in [-0.4, -0.2) is 34.6 Å². The van der Waals surface area contributed by atoms with E-state index in [2.05, 4.69) is 5.32 Å². The monoisotopic (exact) mass is 390 g/mol.